The number of imide groups is 1. The van der Waals surface area contributed by atoms with Crippen molar-refractivity contribution in [1.29, 1.82) is 5.26 Å². The van der Waals surface area contributed by atoms with Crippen LogP contribution in [0.25, 0.3) is 0 Å². The summed E-state index contributed by atoms with van der Waals surface area (Å²) >= 11 is 0. The number of nitrogens with two attached hydrogens (primary N) is 1. The molecule has 3 N–H and O–H groups in total. The van der Waals surface area contributed by atoms with Crippen molar-refractivity contribution in [3.8, 4) is 6.07 Å². The molecule has 1 aliphatic rings. The molecule has 1 aliphatic heterocycles. The Hall–Kier alpha value is -3.30. The molecule has 0 radical (unpaired) electrons. The minimum atomic E-state index is -4.77. The van der Waals surface area contributed by atoms with E-state index in [1.807, 2.05) is 13.8 Å². The average Bonchev–Trinajstić information content (AvgIpc) is 2.97. The first kappa shape index (κ1) is 26.0. The summed E-state index contributed by atoms with van der Waals surface area (Å²) in [6.07, 6.45) is 0.660. The van der Waals surface area contributed by atoms with Crippen molar-refractivity contribution in [2.24, 2.45) is 11.7 Å². The van der Waals surface area contributed by atoms with E-state index in [4.69, 9.17) is 5.73 Å². The highest BCUT2D eigenvalue weighted by Gasteiger charge is 2.44. The van der Waals surface area contributed by atoms with Gasteiger partial charge in [0.15, 0.2) is 5.78 Å². The quantitative estimate of drug-likeness (QED) is 0.553. The number of benzene rings is 1. The highest BCUT2D eigenvalue weighted by atomic mass is 32.2. The molecule has 0 spiro atoms. The summed E-state index contributed by atoms with van der Waals surface area (Å²) in [5.74, 6) is -3.38. The molecule has 0 bridgehead atoms. The van der Waals surface area contributed by atoms with Gasteiger partial charge in [-0.25, -0.2) is 17.5 Å². The van der Waals surface area contributed by atoms with Crippen LogP contribution in [0.4, 0.5) is 4.79 Å². The number of hydrogen-bond acceptors (Lipinski definition) is 8. The van der Waals surface area contributed by atoms with Crippen LogP contribution in [0.15, 0.2) is 29.2 Å². The lowest BCUT2D eigenvalue weighted by atomic mass is 10.1. The van der Waals surface area contributed by atoms with E-state index in [1.165, 1.54) is 18.2 Å². The molecule has 0 aromatic heterocycles. The molecule has 1 saturated heterocycles. The zero-order chi connectivity index (χ0) is 24.8. The number of nitrogens with zero attached hydrogens (tertiary/aromatic N) is 3. The number of amides is 4. The SMILES string of the molecule is CC(C)CCN(C(=O)C(N)=O)C(=O)N([C@H]1CCCNCC1=O)S(=O)(=O)c1ccccc1C#N. The molecular formula is C21H27N5O6S. The lowest BCUT2D eigenvalue weighted by Crippen LogP contribution is -2.57. The van der Waals surface area contributed by atoms with E-state index < -0.39 is 44.6 Å². The Bertz CT molecular complexity index is 1080. The lowest BCUT2D eigenvalue weighted by Gasteiger charge is -2.33. The van der Waals surface area contributed by atoms with E-state index >= 15 is 0 Å². The molecule has 1 aromatic carbocycles. The number of ketones is 1. The Morgan fingerprint density at radius 3 is 2.55 bits per heavy atom. The predicted molar refractivity (Wildman–Crippen MR) is 117 cm³/mol. The zero-order valence-electron chi connectivity index (χ0n) is 18.5. The number of carbonyl (C=O) groups is 4. The first-order valence-electron chi connectivity index (χ1n) is 10.4. The van der Waals surface area contributed by atoms with Crippen molar-refractivity contribution >= 4 is 33.7 Å². The third-order valence-electron chi connectivity index (χ3n) is 5.13. The van der Waals surface area contributed by atoms with Gasteiger partial charge in [0, 0.05) is 6.54 Å². The second kappa shape index (κ2) is 11.0. The normalized spacial score (nSPS) is 16.5. The Morgan fingerprint density at radius 2 is 1.94 bits per heavy atom. The summed E-state index contributed by atoms with van der Waals surface area (Å²) in [6, 6.07) is 4.21. The Labute approximate surface area is 192 Å². The number of primary amides is 1. The summed E-state index contributed by atoms with van der Waals surface area (Å²) in [5, 5.41) is 12.3. The van der Waals surface area contributed by atoms with Crippen LogP contribution in [0, 0.1) is 17.2 Å². The third-order valence-corrected chi connectivity index (χ3v) is 6.98. The number of urea groups is 1. The second-order valence-corrected chi connectivity index (χ2v) is 9.78. The molecule has 11 nitrogen and oxygen atoms in total. The summed E-state index contributed by atoms with van der Waals surface area (Å²) in [6.45, 7) is 3.60. The standard InChI is InChI=1S/C21H27N5O6S/c1-14(2)9-11-25(20(29)19(23)28)21(30)26(16-7-5-10-24-13-17(16)27)33(31,32)18-8-4-3-6-15(18)12-22/h3-4,6,8,14,16,24H,5,7,9-11,13H2,1-2H3,(H2,23,28)/t16-/m0/s1. The van der Waals surface area contributed by atoms with E-state index in [1.54, 1.807) is 6.07 Å². The number of nitriles is 1. The van der Waals surface area contributed by atoms with E-state index in [-0.39, 0.29) is 37.4 Å². The minimum Gasteiger partial charge on any atom is -0.361 e. The largest absolute Gasteiger partial charge is 0.361 e. The Balaban J connectivity index is 2.68. The van der Waals surface area contributed by atoms with Gasteiger partial charge in [0.25, 0.3) is 10.0 Å². The number of sulfonamides is 1. The molecule has 2 rings (SSSR count). The zero-order valence-corrected chi connectivity index (χ0v) is 19.3. The van der Waals surface area contributed by atoms with Crippen LogP contribution in [0.1, 0.15) is 38.7 Å². The van der Waals surface area contributed by atoms with Gasteiger partial charge in [-0.15, -0.1) is 0 Å². The molecule has 1 atom stereocenters. The third kappa shape index (κ3) is 5.94. The van der Waals surface area contributed by atoms with Gasteiger partial charge in [-0.05, 0) is 43.9 Å². The smallest absolute Gasteiger partial charge is 0.341 e. The van der Waals surface area contributed by atoms with Crippen LogP contribution in [0.2, 0.25) is 0 Å². The predicted octanol–water partition coefficient (Wildman–Crippen LogP) is 0.350. The average molecular weight is 478 g/mol. The number of nitrogens with one attached hydrogen (secondary N) is 1. The number of carbonyl (C=O) groups excluding carboxylic acids is 4. The molecule has 1 fully saturated rings. The highest BCUT2D eigenvalue weighted by Crippen LogP contribution is 2.26. The van der Waals surface area contributed by atoms with Crippen molar-refractivity contribution in [2.75, 3.05) is 19.6 Å². The molecule has 12 heteroatoms. The maximum absolute atomic E-state index is 13.7. The van der Waals surface area contributed by atoms with Crippen LogP contribution in [0.3, 0.4) is 0 Å². The molecule has 1 aromatic rings. The first-order chi connectivity index (χ1) is 15.5. The van der Waals surface area contributed by atoms with Crippen LogP contribution in [-0.4, -0.2) is 66.9 Å². The summed E-state index contributed by atoms with van der Waals surface area (Å²) in [5.41, 5.74) is 4.88. The van der Waals surface area contributed by atoms with Crippen molar-refractivity contribution < 1.29 is 27.6 Å². The number of rotatable bonds is 6. The van der Waals surface area contributed by atoms with Gasteiger partial charge >= 0.3 is 17.8 Å². The van der Waals surface area contributed by atoms with Gasteiger partial charge in [-0.2, -0.15) is 5.26 Å². The molecule has 4 amide bonds. The summed E-state index contributed by atoms with van der Waals surface area (Å²) < 4.78 is 27.7. The second-order valence-electron chi connectivity index (χ2n) is 8.00. The Morgan fingerprint density at radius 1 is 1.27 bits per heavy atom. The molecule has 1 heterocycles. The van der Waals surface area contributed by atoms with Gasteiger partial charge in [0.05, 0.1) is 12.1 Å². The molecule has 33 heavy (non-hydrogen) atoms. The lowest BCUT2D eigenvalue weighted by molar-refractivity contribution is -0.142. The Kier molecular flexibility index (Phi) is 8.67. The molecule has 178 valence electrons. The number of hydrogen-bond donors (Lipinski definition) is 2. The molecular weight excluding hydrogens is 450 g/mol. The van der Waals surface area contributed by atoms with E-state index in [0.29, 0.717) is 22.2 Å². The minimum absolute atomic E-state index is 0.00824. The molecule has 0 unspecified atom stereocenters. The van der Waals surface area contributed by atoms with Crippen LogP contribution in [-0.2, 0) is 24.4 Å². The summed E-state index contributed by atoms with van der Waals surface area (Å²) in [4.78, 5) is 50.4. The first-order valence-corrected chi connectivity index (χ1v) is 11.9. The fraction of sp³-hybridized carbons (Fsp3) is 0.476. The highest BCUT2D eigenvalue weighted by molar-refractivity contribution is 7.89. The van der Waals surface area contributed by atoms with Crippen molar-refractivity contribution in [2.45, 2.75) is 44.0 Å². The summed E-state index contributed by atoms with van der Waals surface area (Å²) in [7, 11) is -4.77. The van der Waals surface area contributed by atoms with Crippen molar-refractivity contribution in [1.82, 2.24) is 14.5 Å². The maximum atomic E-state index is 13.7. The molecule has 0 saturated carbocycles. The fourth-order valence-electron chi connectivity index (χ4n) is 3.38. The monoisotopic (exact) mass is 477 g/mol. The maximum Gasteiger partial charge on any atom is 0.341 e. The van der Waals surface area contributed by atoms with Gasteiger partial charge in [-0.1, -0.05) is 26.0 Å². The van der Waals surface area contributed by atoms with Gasteiger partial charge in [0.1, 0.15) is 17.0 Å². The van der Waals surface area contributed by atoms with Gasteiger partial charge < -0.3 is 11.1 Å². The van der Waals surface area contributed by atoms with Crippen LogP contribution < -0.4 is 11.1 Å². The van der Waals surface area contributed by atoms with E-state index in [0.717, 1.165) is 6.07 Å². The van der Waals surface area contributed by atoms with Gasteiger partial charge in [0.2, 0.25) is 0 Å². The van der Waals surface area contributed by atoms with E-state index in [9.17, 15) is 32.9 Å². The van der Waals surface area contributed by atoms with Crippen molar-refractivity contribution in [3.63, 3.8) is 0 Å². The van der Waals surface area contributed by atoms with Crippen LogP contribution in [0.5, 0.6) is 0 Å². The molecule has 0 aliphatic carbocycles. The number of Topliss-reactive ketones (excluding diaryl/α,β-unsaturated/α-hetero) is 1. The van der Waals surface area contributed by atoms with E-state index in [2.05, 4.69) is 5.32 Å². The van der Waals surface area contributed by atoms with Gasteiger partial charge in [-0.3, -0.25) is 19.3 Å². The topological polar surface area (TPSA) is 171 Å². The van der Waals surface area contributed by atoms with Crippen LogP contribution >= 0.6 is 0 Å². The fourth-order valence-corrected chi connectivity index (χ4v) is 5.09. The van der Waals surface area contributed by atoms with Crippen molar-refractivity contribution in [3.05, 3.63) is 29.8 Å².